The van der Waals surface area contributed by atoms with Crippen LogP contribution in [0.15, 0.2) is 27.4 Å². The van der Waals surface area contributed by atoms with E-state index in [1.54, 1.807) is 17.8 Å². The monoisotopic (exact) mass is 349 g/mol. The Morgan fingerprint density at radius 1 is 1.26 bits per heavy atom. The molecule has 0 N–H and O–H groups in total. The number of thiocarbonyl (C=S) groups is 1. The fourth-order valence-electron chi connectivity index (χ4n) is 2.86. The Balaban J connectivity index is 1.85. The Hall–Kier alpha value is -1.37. The summed E-state index contributed by atoms with van der Waals surface area (Å²) >= 11 is 7.11. The zero-order chi connectivity index (χ0) is 16.4. The molecule has 0 spiro atoms. The summed E-state index contributed by atoms with van der Waals surface area (Å²) in [4.78, 5) is 14.0. The summed E-state index contributed by atoms with van der Waals surface area (Å²) in [5, 5.41) is 1.02. The minimum absolute atomic E-state index is 0.310. The molecule has 2 heterocycles. The first-order valence-corrected chi connectivity index (χ1v) is 8.97. The second-order valence-electron chi connectivity index (χ2n) is 5.70. The lowest BCUT2D eigenvalue weighted by atomic mass is 10.0. The molecule has 4 nitrogen and oxygen atoms in total. The lowest BCUT2D eigenvalue weighted by Gasteiger charge is -2.28. The van der Waals surface area contributed by atoms with Crippen LogP contribution in [0, 0.1) is 13.8 Å². The molecule has 0 saturated carbocycles. The molecular formula is C17H19NO3S2. The van der Waals surface area contributed by atoms with Crippen LogP contribution in [0.3, 0.4) is 0 Å². The van der Waals surface area contributed by atoms with Gasteiger partial charge in [-0.05, 0) is 36.6 Å². The molecule has 0 aliphatic carbocycles. The van der Waals surface area contributed by atoms with Gasteiger partial charge in [0.1, 0.15) is 9.90 Å². The van der Waals surface area contributed by atoms with Crippen LogP contribution in [0.5, 0.6) is 0 Å². The van der Waals surface area contributed by atoms with Gasteiger partial charge in [-0.2, -0.15) is 0 Å². The third-order valence-corrected chi connectivity index (χ3v) is 5.46. The van der Waals surface area contributed by atoms with E-state index in [2.05, 4.69) is 11.0 Å². The van der Waals surface area contributed by atoms with Gasteiger partial charge in [0.15, 0.2) is 0 Å². The maximum atomic E-state index is 11.8. The zero-order valence-electron chi connectivity index (χ0n) is 13.3. The van der Waals surface area contributed by atoms with Crippen LogP contribution in [-0.2, 0) is 10.5 Å². The van der Waals surface area contributed by atoms with Crippen molar-refractivity contribution in [1.29, 1.82) is 0 Å². The van der Waals surface area contributed by atoms with Crippen molar-refractivity contribution in [3.63, 3.8) is 0 Å². The van der Waals surface area contributed by atoms with E-state index in [1.807, 2.05) is 19.9 Å². The van der Waals surface area contributed by atoms with Gasteiger partial charge in [0, 0.05) is 30.3 Å². The molecule has 0 amide bonds. The molecule has 3 rings (SSSR count). The number of ether oxygens (including phenoxy) is 1. The van der Waals surface area contributed by atoms with Crippen molar-refractivity contribution in [1.82, 2.24) is 4.90 Å². The molecule has 1 aromatic heterocycles. The molecule has 1 aliphatic heterocycles. The molecule has 1 fully saturated rings. The number of hydrogen-bond donors (Lipinski definition) is 0. The molecule has 122 valence electrons. The molecule has 0 unspecified atom stereocenters. The van der Waals surface area contributed by atoms with E-state index < -0.39 is 0 Å². The molecule has 23 heavy (non-hydrogen) atoms. The van der Waals surface area contributed by atoms with Gasteiger partial charge in [-0.25, -0.2) is 4.79 Å². The predicted molar refractivity (Wildman–Crippen MR) is 98.2 cm³/mol. The Kier molecular flexibility index (Phi) is 5.04. The smallest absolute Gasteiger partial charge is 0.336 e. The van der Waals surface area contributed by atoms with E-state index in [-0.39, 0.29) is 5.63 Å². The number of hydrogen-bond acceptors (Lipinski definition) is 5. The van der Waals surface area contributed by atoms with E-state index in [1.165, 1.54) is 0 Å². The SMILES string of the molecule is Cc1cc(C)c2c(CSC(=S)N3CCOCC3)cc(=O)oc2c1. The van der Waals surface area contributed by atoms with Crippen LogP contribution in [0.1, 0.15) is 16.7 Å². The topological polar surface area (TPSA) is 42.7 Å². The van der Waals surface area contributed by atoms with Crippen molar-refractivity contribution in [2.24, 2.45) is 0 Å². The van der Waals surface area contributed by atoms with E-state index in [4.69, 9.17) is 21.4 Å². The second kappa shape index (κ2) is 7.03. The summed E-state index contributed by atoms with van der Waals surface area (Å²) in [7, 11) is 0. The van der Waals surface area contributed by atoms with Gasteiger partial charge in [-0.3, -0.25) is 0 Å². The van der Waals surface area contributed by atoms with Crippen LogP contribution in [0.4, 0.5) is 0 Å². The highest BCUT2D eigenvalue weighted by Gasteiger charge is 2.15. The summed E-state index contributed by atoms with van der Waals surface area (Å²) in [6.07, 6.45) is 0. The minimum atomic E-state index is -0.310. The summed E-state index contributed by atoms with van der Waals surface area (Å²) in [5.74, 6) is 0.669. The van der Waals surface area contributed by atoms with Gasteiger partial charge in [0.2, 0.25) is 0 Å². The average Bonchev–Trinajstić information content (AvgIpc) is 2.52. The first-order chi connectivity index (χ1) is 11.0. The molecule has 0 radical (unpaired) electrons. The number of fused-ring (bicyclic) bond motifs is 1. The molecule has 1 saturated heterocycles. The van der Waals surface area contributed by atoms with Gasteiger partial charge in [-0.15, -0.1) is 0 Å². The van der Waals surface area contributed by atoms with E-state index in [0.717, 1.165) is 52.7 Å². The highest BCUT2D eigenvalue weighted by atomic mass is 32.2. The summed E-state index contributed by atoms with van der Waals surface area (Å²) in [6, 6.07) is 5.61. The maximum absolute atomic E-state index is 11.8. The molecular weight excluding hydrogens is 330 g/mol. The number of benzene rings is 1. The highest BCUT2D eigenvalue weighted by molar-refractivity contribution is 8.22. The molecule has 1 aliphatic rings. The number of rotatable bonds is 2. The van der Waals surface area contributed by atoms with Crippen molar-refractivity contribution >= 4 is 39.3 Å². The van der Waals surface area contributed by atoms with Gasteiger partial charge in [0.05, 0.1) is 13.2 Å². The third kappa shape index (κ3) is 3.76. The first-order valence-electron chi connectivity index (χ1n) is 7.58. The van der Waals surface area contributed by atoms with Crippen LogP contribution in [-0.4, -0.2) is 35.5 Å². The van der Waals surface area contributed by atoms with Crippen LogP contribution < -0.4 is 5.63 Å². The molecule has 0 bridgehead atoms. The first kappa shape index (κ1) is 16.5. The van der Waals surface area contributed by atoms with Gasteiger partial charge in [0.25, 0.3) is 0 Å². The number of aryl methyl sites for hydroxylation is 2. The van der Waals surface area contributed by atoms with Crippen molar-refractivity contribution in [3.05, 3.63) is 45.3 Å². The van der Waals surface area contributed by atoms with E-state index >= 15 is 0 Å². The minimum Gasteiger partial charge on any atom is -0.423 e. The van der Waals surface area contributed by atoms with Gasteiger partial charge in [-0.1, -0.05) is 30.0 Å². The number of thioether (sulfide) groups is 1. The molecule has 2 aromatic rings. The Bertz CT molecular complexity index is 794. The second-order valence-corrected chi connectivity index (χ2v) is 7.31. The van der Waals surface area contributed by atoms with Crippen molar-refractivity contribution < 1.29 is 9.15 Å². The van der Waals surface area contributed by atoms with Gasteiger partial charge >= 0.3 is 5.63 Å². The molecule has 1 aromatic carbocycles. The number of nitrogens with zero attached hydrogens (tertiary/aromatic N) is 1. The Labute approximate surface area is 144 Å². The highest BCUT2D eigenvalue weighted by Crippen LogP contribution is 2.27. The quantitative estimate of drug-likeness (QED) is 0.612. The normalized spacial score (nSPS) is 15.1. The lowest BCUT2D eigenvalue weighted by Crippen LogP contribution is -2.38. The van der Waals surface area contributed by atoms with Gasteiger partial charge < -0.3 is 14.1 Å². The lowest BCUT2D eigenvalue weighted by molar-refractivity contribution is 0.0702. The third-order valence-electron chi connectivity index (χ3n) is 3.89. The maximum Gasteiger partial charge on any atom is 0.336 e. The number of morpholine rings is 1. The van der Waals surface area contributed by atoms with Crippen LogP contribution in [0.2, 0.25) is 0 Å². The largest absolute Gasteiger partial charge is 0.423 e. The van der Waals surface area contributed by atoms with Crippen molar-refractivity contribution in [3.8, 4) is 0 Å². The fourth-order valence-corrected chi connectivity index (χ4v) is 4.09. The predicted octanol–water partition coefficient (Wildman–Crippen LogP) is 3.26. The van der Waals surface area contributed by atoms with Crippen molar-refractivity contribution in [2.75, 3.05) is 26.3 Å². The average molecular weight is 349 g/mol. The van der Waals surface area contributed by atoms with E-state index in [9.17, 15) is 4.79 Å². The summed E-state index contributed by atoms with van der Waals surface area (Å²) in [5.41, 5.74) is 3.54. The Morgan fingerprint density at radius 3 is 2.74 bits per heavy atom. The van der Waals surface area contributed by atoms with E-state index in [0.29, 0.717) is 11.3 Å². The Morgan fingerprint density at radius 2 is 2.00 bits per heavy atom. The fraction of sp³-hybridized carbons (Fsp3) is 0.412. The van der Waals surface area contributed by atoms with Crippen molar-refractivity contribution in [2.45, 2.75) is 19.6 Å². The van der Waals surface area contributed by atoms with Crippen LogP contribution in [0.25, 0.3) is 11.0 Å². The molecule has 6 heteroatoms. The standard InChI is InChI=1S/C17H19NO3S2/c1-11-7-12(2)16-13(9-15(19)21-14(16)8-11)10-23-17(22)18-3-5-20-6-4-18/h7-9H,3-6,10H2,1-2H3. The molecule has 0 atom stereocenters. The zero-order valence-corrected chi connectivity index (χ0v) is 14.9. The summed E-state index contributed by atoms with van der Waals surface area (Å²) < 4.78 is 11.6. The van der Waals surface area contributed by atoms with Crippen LogP contribution >= 0.6 is 24.0 Å². The summed E-state index contributed by atoms with van der Waals surface area (Å²) in [6.45, 7) is 7.16.